The third kappa shape index (κ3) is 4.16. The van der Waals surface area contributed by atoms with Gasteiger partial charge in [0.05, 0.1) is 35.8 Å². The fourth-order valence-corrected chi connectivity index (χ4v) is 4.04. The van der Waals surface area contributed by atoms with Gasteiger partial charge in [0.2, 0.25) is 0 Å². The van der Waals surface area contributed by atoms with E-state index in [0.29, 0.717) is 17.8 Å². The minimum atomic E-state index is -0.828. The Morgan fingerprint density at radius 2 is 1.94 bits per heavy atom. The van der Waals surface area contributed by atoms with Crippen LogP contribution in [-0.2, 0) is 10.3 Å². The van der Waals surface area contributed by atoms with Crippen molar-refractivity contribution in [3.05, 3.63) is 54.4 Å². The number of likely N-dealkylation sites (N-methyl/N-ethyl adjacent to an activating group) is 1. The van der Waals surface area contributed by atoms with Gasteiger partial charge in [-0.25, -0.2) is 9.37 Å². The topological polar surface area (TPSA) is 66.9 Å². The lowest BCUT2D eigenvalue weighted by Gasteiger charge is -2.28. The average Bonchev–Trinajstić information content (AvgIpc) is 3.14. The first-order chi connectivity index (χ1) is 14.9. The van der Waals surface area contributed by atoms with Crippen LogP contribution in [-0.4, -0.2) is 51.1 Å². The third-order valence-corrected chi connectivity index (χ3v) is 5.78. The van der Waals surface area contributed by atoms with Gasteiger partial charge < -0.3 is 14.6 Å². The summed E-state index contributed by atoms with van der Waals surface area (Å²) in [5.41, 5.74) is 2.78. The largest absolute Gasteiger partial charge is 0.369 e. The maximum atomic E-state index is 15.2. The van der Waals surface area contributed by atoms with Crippen LogP contribution in [0.4, 0.5) is 4.39 Å². The quantitative estimate of drug-likeness (QED) is 0.438. The summed E-state index contributed by atoms with van der Waals surface area (Å²) in [6.45, 7) is 11.3. The molecule has 4 rings (SSSR count). The van der Waals surface area contributed by atoms with Crippen molar-refractivity contribution in [1.29, 1.82) is 0 Å². The molecule has 0 saturated heterocycles. The highest BCUT2D eigenvalue weighted by Gasteiger charge is 2.30. The molecule has 0 saturated carbocycles. The normalized spacial score (nSPS) is 12.3. The molecule has 0 spiro atoms. The molecule has 0 atom stereocenters. The highest BCUT2D eigenvalue weighted by molar-refractivity contribution is 6.08. The molecular weight excluding hydrogens is 393 g/mol. The van der Waals surface area contributed by atoms with E-state index >= 15 is 4.39 Å². The van der Waals surface area contributed by atoms with Crippen LogP contribution < -0.4 is 0 Å². The second kappa shape index (κ2) is 8.69. The molecule has 0 unspecified atom stereocenters. The van der Waals surface area contributed by atoms with Gasteiger partial charge in [0.15, 0.2) is 0 Å². The number of hydrogen-bond donors (Lipinski definition) is 1. The van der Waals surface area contributed by atoms with Gasteiger partial charge in [0.1, 0.15) is 11.5 Å². The fraction of sp³-hybridized carbons (Fsp3) is 0.375. The van der Waals surface area contributed by atoms with E-state index in [-0.39, 0.29) is 5.82 Å². The molecule has 7 heteroatoms. The zero-order valence-electron chi connectivity index (χ0n) is 18.4. The van der Waals surface area contributed by atoms with E-state index in [1.165, 1.54) is 6.20 Å². The van der Waals surface area contributed by atoms with Gasteiger partial charge in [-0.05, 0) is 45.1 Å². The van der Waals surface area contributed by atoms with Crippen LogP contribution in [0, 0.1) is 5.82 Å². The minimum Gasteiger partial charge on any atom is -0.369 e. The van der Waals surface area contributed by atoms with Crippen LogP contribution in [0.15, 0.2) is 43.0 Å². The summed E-state index contributed by atoms with van der Waals surface area (Å²) in [7, 11) is 0. The van der Waals surface area contributed by atoms with Crippen LogP contribution in [0.2, 0.25) is 0 Å². The minimum absolute atomic E-state index is 0.374. The highest BCUT2D eigenvalue weighted by Crippen LogP contribution is 2.37. The van der Waals surface area contributed by atoms with E-state index in [1.54, 1.807) is 18.6 Å². The van der Waals surface area contributed by atoms with Crippen LogP contribution in [0.5, 0.6) is 0 Å². The maximum Gasteiger partial charge on any atom is 0.148 e. The van der Waals surface area contributed by atoms with Crippen LogP contribution in [0.3, 0.4) is 0 Å². The van der Waals surface area contributed by atoms with Crippen LogP contribution in [0.25, 0.3) is 33.2 Å². The Hall–Kier alpha value is -2.90. The molecule has 0 radical (unpaired) electrons. The summed E-state index contributed by atoms with van der Waals surface area (Å²) >= 11 is 0. The molecule has 0 aliphatic rings. The molecule has 0 fully saturated rings. The van der Waals surface area contributed by atoms with Gasteiger partial charge in [-0.2, -0.15) is 0 Å². The molecule has 6 nitrogen and oxygen atoms in total. The van der Waals surface area contributed by atoms with Crippen LogP contribution in [0.1, 0.15) is 33.3 Å². The number of fused-ring (bicyclic) bond motifs is 3. The number of pyridine rings is 3. The first-order valence-corrected chi connectivity index (χ1v) is 10.7. The SMILES string of the molecule is CCN(CC)CCOC(C)(C)c1c(F)cnc2[nH]c3cnc(-c4cccnc4)cc3c12. The van der Waals surface area contributed by atoms with Crippen molar-refractivity contribution in [2.45, 2.75) is 33.3 Å². The Bertz CT molecular complexity index is 1180. The molecule has 4 aromatic heterocycles. The lowest BCUT2D eigenvalue weighted by molar-refractivity contribution is -0.0309. The summed E-state index contributed by atoms with van der Waals surface area (Å²) in [4.78, 5) is 18.6. The van der Waals surface area contributed by atoms with E-state index in [1.807, 2.05) is 32.0 Å². The van der Waals surface area contributed by atoms with E-state index in [4.69, 9.17) is 4.74 Å². The van der Waals surface area contributed by atoms with Crippen LogP contribution >= 0.6 is 0 Å². The number of nitrogens with zero attached hydrogens (tertiary/aromatic N) is 4. The van der Waals surface area contributed by atoms with Crippen molar-refractivity contribution in [2.75, 3.05) is 26.2 Å². The standard InChI is InChI=1S/C24H28FN5O/c1-5-30(6-2)10-11-31-24(3,4)22-18(25)14-28-23-21(22)17-12-19(27-15-20(17)29-23)16-8-7-9-26-13-16/h7-9,12-15H,5-6,10-11H2,1-4H3,(H,28,29). The number of aromatic amines is 1. The molecule has 162 valence electrons. The van der Waals surface area contributed by atoms with E-state index in [9.17, 15) is 0 Å². The van der Waals surface area contributed by atoms with Gasteiger partial charge in [0.25, 0.3) is 0 Å². The molecule has 1 N–H and O–H groups in total. The Labute approximate surface area is 181 Å². The Kier molecular flexibility index (Phi) is 5.98. The molecule has 4 aromatic rings. The molecule has 0 bridgehead atoms. The van der Waals surface area contributed by atoms with Crippen molar-refractivity contribution in [3.63, 3.8) is 0 Å². The molecular formula is C24H28FN5O. The van der Waals surface area contributed by atoms with Gasteiger partial charge in [-0.3, -0.25) is 9.97 Å². The molecule has 4 heterocycles. The van der Waals surface area contributed by atoms with Crippen molar-refractivity contribution in [3.8, 4) is 11.3 Å². The van der Waals surface area contributed by atoms with Crippen molar-refractivity contribution < 1.29 is 9.13 Å². The average molecular weight is 422 g/mol. The smallest absolute Gasteiger partial charge is 0.148 e. The van der Waals surface area contributed by atoms with E-state index in [0.717, 1.165) is 47.2 Å². The summed E-state index contributed by atoms with van der Waals surface area (Å²) in [5.74, 6) is -0.374. The van der Waals surface area contributed by atoms with E-state index in [2.05, 4.69) is 38.7 Å². The number of ether oxygens (including phenoxy) is 1. The zero-order valence-corrected chi connectivity index (χ0v) is 18.4. The number of nitrogens with one attached hydrogen (secondary N) is 1. The van der Waals surface area contributed by atoms with Gasteiger partial charge in [0, 0.05) is 40.8 Å². The molecule has 0 aromatic carbocycles. The Balaban J connectivity index is 1.79. The molecule has 0 aliphatic heterocycles. The number of aromatic nitrogens is 4. The second-order valence-corrected chi connectivity index (χ2v) is 8.07. The van der Waals surface area contributed by atoms with E-state index < -0.39 is 5.60 Å². The summed E-state index contributed by atoms with van der Waals surface area (Å²) < 4.78 is 21.4. The van der Waals surface area contributed by atoms with Gasteiger partial charge in [-0.15, -0.1) is 0 Å². The summed E-state index contributed by atoms with van der Waals surface area (Å²) in [5, 5.41) is 1.60. The molecule has 31 heavy (non-hydrogen) atoms. The number of halogens is 1. The number of hydrogen-bond acceptors (Lipinski definition) is 5. The lowest BCUT2D eigenvalue weighted by Crippen LogP contribution is -2.31. The van der Waals surface area contributed by atoms with Gasteiger partial charge in [-0.1, -0.05) is 13.8 Å². The predicted molar refractivity (Wildman–Crippen MR) is 121 cm³/mol. The van der Waals surface area contributed by atoms with Crippen molar-refractivity contribution >= 4 is 21.9 Å². The molecule has 0 aliphatic carbocycles. The van der Waals surface area contributed by atoms with Crippen molar-refractivity contribution in [1.82, 2.24) is 24.8 Å². The maximum absolute atomic E-state index is 15.2. The fourth-order valence-electron chi connectivity index (χ4n) is 4.04. The monoisotopic (exact) mass is 421 g/mol. The lowest BCUT2D eigenvalue weighted by atomic mass is 9.94. The van der Waals surface area contributed by atoms with Gasteiger partial charge >= 0.3 is 0 Å². The molecule has 0 amide bonds. The Morgan fingerprint density at radius 1 is 1.13 bits per heavy atom. The number of rotatable bonds is 8. The first-order valence-electron chi connectivity index (χ1n) is 10.7. The summed E-state index contributed by atoms with van der Waals surface area (Å²) in [6, 6.07) is 5.79. The number of H-pyrrole nitrogens is 1. The third-order valence-electron chi connectivity index (χ3n) is 5.78. The predicted octanol–water partition coefficient (Wildman–Crippen LogP) is 4.91. The van der Waals surface area contributed by atoms with Crippen molar-refractivity contribution in [2.24, 2.45) is 0 Å². The first kappa shape index (κ1) is 21.3. The zero-order chi connectivity index (χ0) is 22.0. The summed E-state index contributed by atoms with van der Waals surface area (Å²) in [6.07, 6.45) is 6.51. The Morgan fingerprint density at radius 3 is 2.65 bits per heavy atom. The second-order valence-electron chi connectivity index (χ2n) is 8.07. The highest BCUT2D eigenvalue weighted by atomic mass is 19.1.